The monoisotopic (exact) mass is 364 g/mol. The minimum absolute atomic E-state index is 0.0422. The molecular formula is C22H20O5. The average Bonchev–Trinajstić information content (AvgIpc) is 2.67. The Bertz CT molecular complexity index is 909. The van der Waals surface area contributed by atoms with Gasteiger partial charge in [0.2, 0.25) is 0 Å². The molecule has 5 heteroatoms. The SMILES string of the molecule is CC1(C(=O)O)C=C(c2ccc(OCc3ccccc3)cc2)C=C(C(=O)O)C1. The number of carbonyl (C=O) groups is 2. The fourth-order valence-corrected chi connectivity index (χ4v) is 3.00. The number of carboxylic acid groups (broad SMARTS) is 2. The molecule has 2 aromatic carbocycles. The number of hydrogen-bond donors (Lipinski definition) is 2. The van der Waals surface area contributed by atoms with E-state index in [1.807, 2.05) is 30.3 Å². The minimum atomic E-state index is -1.25. The molecule has 5 nitrogen and oxygen atoms in total. The van der Waals surface area contributed by atoms with E-state index >= 15 is 0 Å². The zero-order valence-corrected chi connectivity index (χ0v) is 14.9. The molecule has 1 atom stereocenters. The normalized spacial score (nSPS) is 19.0. The zero-order chi connectivity index (χ0) is 19.4. The lowest BCUT2D eigenvalue weighted by Crippen LogP contribution is -2.29. The van der Waals surface area contributed by atoms with Crippen molar-refractivity contribution in [1.82, 2.24) is 0 Å². The van der Waals surface area contributed by atoms with Gasteiger partial charge in [0.05, 0.1) is 5.41 Å². The van der Waals surface area contributed by atoms with Crippen molar-refractivity contribution < 1.29 is 24.5 Å². The predicted octanol–water partition coefficient (Wildman–Crippen LogP) is 4.15. The predicted molar refractivity (Wildman–Crippen MR) is 101 cm³/mol. The van der Waals surface area contributed by atoms with E-state index in [4.69, 9.17) is 4.74 Å². The van der Waals surface area contributed by atoms with Gasteiger partial charge < -0.3 is 14.9 Å². The van der Waals surface area contributed by atoms with Crippen molar-refractivity contribution in [2.75, 3.05) is 0 Å². The number of carboxylic acids is 2. The summed E-state index contributed by atoms with van der Waals surface area (Å²) in [4.78, 5) is 23.0. The summed E-state index contributed by atoms with van der Waals surface area (Å²) in [6.07, 6.45) is 3.11. The average molecular weight is 364 g/mol. The molecule has 27 heavy (non-hydrogen) atoms. The molecule has 0 aliphatic heterocycles. The van der Waals surface area contributed by atoms with Gasteiger partial charge in [-0.15, -0.1) is 0 Å². The molecule has 0 aromatic heterocycles. The van der Waals surface area contributed by atoms with Crippen LogP contribution in [0.1, 0.15) is 24.5 Å². The van der Waals surface area contributed by atoms with Crippen LogP contribution in [0.3, 0.4) is 0 Å². The zero-order valence-electron chi connectivity index (χ0n) is 14.9. The lowest BCUT2D eigenvalue weighted by Gasteiger charge is -2.26. The first-order valence-electron chi connectivity index (χ1n) is 8.55. The van der Waals surface area contributed by atoms with Crippen molar-refractivity contribution in [2.45, 2.75) is 20.0 Å². The summed E-state index contributed by atoms with van der Waals surface area (Å²) in [5.41, 5.74) is 1.22. The molecule has 0 radical (unpaired) electrons. The molecule has 1 aliphatic carbocycles. The van der Waals surface area contributed by atoms with Crippen LogP contribution in [0.15, 0.2) is 72.3 Å². The summed E-state index contributed by atoms with van der Waals surface area (Å²) in [6.45, 7) is 1.98. The number of aliphatic carboxylic acids is 2. The highest BCUT2D eigenvalue weighted by molar-refractivity contribution is 5.96. The molecule has 138 valence electrons. The van der Waals surface area contributed by atoms with Crippen molar-refractivity contribution in [3.63, 3.8) is 0 Å². The second kappa shape index (κ2) is 7.50. The Labute approximate surface area is 157 Å². The Balaban J connectivity index is 1.81. The first kappa shape index (κ1) is 18.5. The van der Waals surface area contributed by atoms with Gasteiger partial charge in [0, 0.05) is 5.57 Å². The maximum Gasteiger partial charge on any atom is 0.331 e. The number of ether oxygens (including phenoxy) is 1. The number of hydrogen-bond acceptors (Lipinski definition) is 3. The largest absolute Gasteiger partial charge is 0.489 e. The fraction of sp³-hybridized carbons (Fsp3) is 0.182. The topological polar surface area (TPSA) is 83.8 Å². The Morgan fingerprint density at radius 3 is 2.30 bits per heavy atom. The third-order valence-electron chi connectivity index (χ3n) is 4.56. The highest BCUT2D eigenvalue weighted by atomic mass is 16.5. The van der Waals surface area contributed by atoms with E-state index in [2.05, 4.69) is 0 Å². The highest BCUT2D eigenvalue weighted by Gasteiger charge is 2.36. The third kappa shape index (κ3) is 4.26. The molecule has 0 saturated heterocycles. The molecule has 3 rings (SSSR count). The first-order valence-corrected chi connectivity index (χ1v) is 8.55. The number of benzene rings is 2. The van der Waals surface area contributed by atoms with E-state index in [-0.39, 0.29) is 12.0 Å². The van der Waals surface area contributed by atoms with Crippen molar-refractivity contribution in [1.29, 1.82) is 0 Å². The van der Waals surface area contributed by atoms with Gasteiger partial charge in [-0.2, -0.15) is 0 Å². The Morgan fingerprint density at radius 1 is 1.04 bits per heavy atom. The maximum atomic E-state index is 11.6. The van der Waals surface area contributed by atoms with E-state index in [9.17, 15) is 19.8 Å². The van der Waals surface area contributed by atoms with Gasteiger partial charge >= 0.3 is 11.9 Å². The quantitative estimate of drug-likeness (QED) is 0.804. The van der Waals surface area contributed by atoms with E-state index in [1.165, 1.54) is 13.0 Å². The van der Waals surface area contributed by atoms with Crippen LogP contribution in [0.25, 0.3) is 5.57 Å². The maximum absolute atomic E-state index is 11.6. The second-order valence-electron chi connectivity index (χ2n) is 6.77. The molecule has 0 bridgehead atoms. The van der Waals surface area contributed by atoms with Crippen LogP contribution in [0.2, 0.25) is 0 Å². The lowest BCUT2D eigenvalue weighted by atomic mass is 9.76. The smallest absolute Gasteiger partial charge is 0.331 e. The van der Waals surface area contributed by atoms with Crippen LogP contribution in [0, 0.1) is 5.41 Å². The molecule has 0 saturated carbocycles. The lowest BCUT2D eigenvalue weighted by molar-refractivity contribution is -0.145. The first-order chi connectivity index (χ1) is 12.9. The Kier molecular flexibility index (Phi) is 5.12. The molecule has 0 spiro atoms. The van der Waals surface area contributed by atoms with Gasteiger partial charge in [0.1, 0.15) is 12.4 Å². The molecule has 2 aromatic rings. The van der Waals surface area contributed by atoms with Crippen molar-refractivity contribution >= 4 is 17.5 Å². The molecular weight excluding hydrogens is 344 g/mol. The van der Waals surface area contributed by atoms with Crippen molar-refractivity contribution in [3.8, 4) is 5.75 Å². The van der Waals surface area contributed by atoms with Gasteiger partial charge in [-0.1, -0.05) is 48.5 Å². The minimum Gasteiger partial charge on any atom is -0.489 e. The third-order valence-corrected chi connectivity index (χ3v) is 4.56. The van der Waals surface area contributed by atoms with Gasteiger partial charge in [-0.05, 0) is 48.3 Å². The Morgan fingerprint density at radius 2 is 1.70 bits per heavy atom. The molecule has 0 heterocycles. The standard InChI is InChI=1S/C22H20O5/c1-22(21(25)26)12-17(11-18(13-22)20(23)24)16-7-9-19(10-8-16)27-14-15-5-3-2-4-6-15/h2-12H,13-14H2,1H3,(H,23,24)(H,25,26). The van der Waals surface area contributed by atoms with Crippen LogP contribution in [-0.4, -0.2) is 22.2 Å². The summed E-state index contributed by atoms with van der Waals surface area (Å²) in [5, 5.41) is 18.8. The van der Waals surface area contributed by atoms with Gasteiger partial charge in [-0.3, -0.25) is 4.79 Å². The molecule has 0 fully saturated rings. The van der Waals surface area contributed by atoms with E-state index < -0.39 is 17.4 Å². The van der Waals surface area contributed by atoms with Gasteiger partial charge in [0.25, 0.3) is 0 Å². The van der Waals surface area contributed by atoms with E-state index in [1.54, 1.807) is 30.3 Å². The van der Waals surface area contributed by atoms with Crippen molar-refractivity contribution in [3.05, 3.63) is 83.4 Å². The van der Waals surface area contributed by atoms with Crippen LogP contribution < -0.4 is 4.74 Å². The van der Waals surface area contributed by atoms with Crippen LogP contribution in [0.4, 0.5) is 0 Å². The second-order valence-corrected chi connectivity index (χ2v) is 6.77. The number of rotatable bonds is 6. The summed E-state index contributed by atoms with van der Waals surface area (Å²) in [5.74, 6) is -1.46. The fourth-order valence-electron chi connectivity index (χ4n) is 3.00. The van der Waals surface area contributed by atoms with E-state index in [0.717, 1.165) is 11.1 Å². The molecule has 1 unspecified atom stereocenters. The van der Waals surface area contributed by atoms with Crippen molar-refractivity contribution in [2.24, 2.45) is 5.41 Å². The van der Waals surface area contributed by atoms with Crippen LogP contribution in [0.5, 0.6) is 5.75 Å². The summed E-state index contributed by atoms with van der Waals surface area (Å²) < 4.78 is 5.75. The summed E-state index contributed by atoms with van der Waals surface area (Å²) in [7, 11) is 0. The highest BCUT2D eigenvalue weighted by Crippen LogP contribution is 2.38. The Hall–Kier alpha value is -3.34. The van der Waals surface area contributed by atoms with Crippen LogP contribution in [-0.2, 0) is 16.2 Å². The summed E-state index contributed by atoms with van der Waals surface area (Å²) >= 11 is 0. The van der Waals surface area contributed by atoms with Gasteiger partial charge in [-0.25, -0.2) is 4.79 Å². The van der Waals surface area contributed by atoms with Gasteiger partial charge in [0.15, 0.2) is 0 Å². The molecule has 2 N–H and O–H groups in total. The summed E-state index contributed by atoms with van der Waals surface area (Å²) in [6, 6.07) is 17.0. The number of allylic oxidation sites excluding steroid dienone is 2. The molecule has 0 amide bonds. The van der Waals surface area contributed by atoms with E-state index in [0.29, 0.717) is 17.9 Å². The molecule has 1 aliphatic rings. The van der Waals surface area contributed by atoms with Crippen LogP contribution >= 0.6 is 0 Å².